The van der Waals surface area contributed by atoms with Crippen LogP contribution in [-0.4, -0.2) is 34.9 Å². The average Bonchev–Trinajstić information content (AvgIpc) is 3.54. The first-order valence-electron chi connectivity index (χ1n) is 12.6. The van der Waals surface area contributed by atoms with Crippen molar-refractivity contribution in [3.63, 3.8) is 0 Å². The summed E-state index contributed by atoms with van der Waals surface area (Å²) < 4.78 is 5.88. The number of amides is 4. The predicted molar refractivity (Wildman–Crippen MR) is 151 cm³/mol. The Kier molecular flexibility index (Phi) is 6.45. The molecule has 2 atom stereocenters. The van der Waals surface area contributed by atoms with E-state index < -0.39 is 0 Å². The van der Waals surface area contributed by atoms with Crippen molar-refractivity contribution in [1.82, 2.24) is 15.6 Å². The van der Waals surface area contributed by atoms with E-state index in [0.717, 1.165) is 25.0 Å². The van der Waals surface area contributed by atoms with Gasteiger partial charge in [0.05, 0.1) is 22.4 Å². The number of para-hydroxylation sites is 1. The smallest absolute Gasteiger partial charge is 0.331 e. The largest absolute Gasteiger partial charge is 0.457 e. The molecule has 39 heavy (non-hydrogen) atoms. The van der Waals surface area contributed by atoms with E-state index in [1.807, 2.05) is 42.5 Å². The van der Waals surface area contributed by atoms with Crippen molar-refractivity contribution < 1.29 is 19.1 Å². The molecule has 6 rings (SSSR count). The number of ether oxygens (including phenoxy) is 1. The normalized spacial score (nSPS) is 17.9. The molecule has 1 aliphatic heterocycles. The van der Waals surface area contributed by atoms with Gasteiger partial charge in [-0.3, -0.25) is 14.5 Å². The summed E-state index contributed by atoms with van der Waals surface area (Å²) in [6, 6.07) is 17.7. The number of carbonyl (C=O) groups excluding carboxylic acids is 3. The van der Waals surface area contributed by atoms with Crippen LogP contribution in [0, 0.1) is 0 Å². The fourth-order valence-electron chi connectivity index (χ4n) is 5.07. The van der Waals surface area contributed by atoms with E-state index in [0.29, 0.717) is 37.9 Å². The average molecular weight is 540 g/mol. The first kappa shape index (κ1) is 24.6. The number of nitrogens with one attached hydrogen (secondary N) is 3. The van der Waals surface area contributed by atoms with E-state index in [2.05, 4.69) is 27.5 Å². The number of aromatic nitrogens is 1. The van der Waals surface area contributed by atoms with Gasteiger partial charge in [0.25, 0.3) is 5.91 Å². The summed E-state index contributed by atoms with van der Waals surface area (Å²) >= 11 is 1.23. The lowest BCUT2D eigenvalue weighted by molar-refractivity contribution is -0.117. The van der Waals surface area contributed by atoms with Crippen molar-refractivity contribution in [3.8, 4) is 11.5 Å². The summed E-state index contributed by atoms with van der Waals surface area (Å²) in [5, 5.41) is 9.57. The third-order valence-electron chi connectivity index (χ3n) is 6.87. The van der Waals surface area contributed by atoms with Crippen molar-refractivity contribution in [1.29, 1.82) is 0 Å². The highest BCUT2D eigenvalue weighted by Crippen LogP contribution is 2.46. The highest BCUT2D eigenvalue weighted by atomic mass is 32.1. The quantitative estimate of drug-likeness (QED) is 0.260. The van der Waals surface area contributed by atoms with Crippen molar-refractivity contribution in [2.75, 3.05) is 10.2 Å². The van der Waals surface area contributed by atoms with Crippen molar-refractivity contribution in [3.05, 3.63) is 84.4 Å². The molecule has 0 saturated heterocycles. The fourth-order valence-corrected chi connectivity index (χ4v) is 6.09. The van der Waals surface area contributed by atoms with E-state index in [4.69, 9.17) is 4.74 Å². The number of benzene rings is 2. The van der Waals surface area contributed by atoms with Gasteiger partial charge in [0.1, 0.15) is 21.2 Å². The van der Waals surface area contributed by atoms with Crippen LogP contribution in [0.3, 0.4) is 0 Å². The Hall–Kier alpha value is -4.70. The number of thiophene rings is 1. The van der Waals surface area contributed by atoms with Crippen LogP contribution in [0.15, 0.2) is 79.5 Å². The van der Waals surface area contributed by atoms with Gasteiger partial charge in [-0.25, -0.2) is 9.78 Å². The molecule has 0 bridgehead atoms. The number of hydrogen-bond donors (Lipinski definition) is 3. The lowest BCUT2D eigenvalue weighted by Gasteiger charge is -2.28. The Morgan fingerprint density at radius 3 is 2.49 bits per heavy atom. The molecule has 9 nitrogen and oxygen atoms in total. The van der Waals surface area contributed by atoms with Crippen LogP contribution < -0.4 is 25.6 Å². The lowest BCUT2D eigenvalue weighted by Crippen LogP contribution is -2.48. The van der Waals surface area contributed by atoms with E-state index in [9.17, 15) is 14.4 Å². The molecule has 2 aliphatic rings. The summed E-state index contributed by atoms with van der Waals surface area (Å²) in [7, 11) is 0. The zero-order valence-electron chi connectivity index (χ0n) is 20.8. The number of pyridine rings is 1. The molecule has 2 aromatic heterocycles. The van der Waals surface area contributed by atoms with Crippen LogP contribution in [0.4, 0.5) is 21.9 Å². The van der Waals surface area contributed by atoms with E-state index in [1.54, 1.807) is 29.3 Å². The highest BCUT2D eigenvalue weighted by Gasteiger charge is 2.35. The third kappa shape index (κ3) is 4.70. The van der Waals surface area contributed by atoms with Gasteiger partial charge in [-0.1, -0.05) is 24.8 Å². The van der Waals surface area contributed by atoms with Gasteiger partial charge in [0, 0.05) is 18.3 Å². The molecule has 4 aromatic rings. The van der Waals surface area contributed by atoms with Gasteiger partial charge in [0.15, 0.2) is 0 Å². The summed E-state index contributed by atoms with van der Waals surface area (Å²) in [5.74, 6) is 0.795. The Morgan fingerprint density at radius 2 is 1.74 bits per heavy atom. The molecule has 196 valence electrons. The summed E-state index contributed by atoms with van der Waals surface area (Å²) in [6.07, 6.45) is 5.28. The summed E-state index contributed by atoms with van der Waals surface area (Å²) in [4.78, 5) is 45.6. The van der Waals surface area contributed by atoms with Crippen LogP contribution in [0.25, 0.3) is 10.2 Å². The van der Waals surface area contributed by atoms with Gasteiger partial charge in [-0.15, -0.1) is 11.3 Å². The standard InChI is InChI=1S/C29H25N5O4S/c1-2-23(35)31-20-9-6-10-21(20)32-27(36)26-25-24-22(15-16-30-28(24)39-26)34(29(37)33-25)17-11-13-19(14-12-17)38-18-7-4-3-5-8-18/h2-5,7-8,11-16,20-21H,1,6,9-10H2,(H,31,35)(H,32,36)(H,33,37)/t20-,21+/m1/s1. The summed E-state index contributed by atoms with van der Waals surface area (Å²) in [6.45, 7) is 3.50. The number of hydrogen-bond acceptors (Lipinski definition) is 6. The second-order valence-electron chi connectivity index (χ2n) is 9.32. The number of rotatable bonds is 7. The van der Waals surface area contributed by atoms with Crippen molar-refractivity contribution >= 4 is 56.5 Å². The maximum atomic E-state index is 13.4. The number of carbonyl (C=O) groups is 3. The molecule has 0 unspecified atom stereocenters. The molecule has 3 heterocycles. The van der Waals surface area contributed by atoms with Crippen LogP contribution in [0.1, 0.15) is 28.9 Å². The van der Waals surface area contributed by atoms with E-state index in [1.165, 1.54) is 17.4 Å². The number of anilines is 3. The first-order valence-corrected chi connectivity index (χ1v) is 13.4. The molecule has 1 aliphatic carbocycles. The lowest BCUT2D eigenvalue weighted by atomic mass is 10.1. The SMILES string of the molecule is C=CC(=O)N[C@@H]1CCC[C@@H]1NC(=O)c1sc2nccc3c2c1NC(=O)N3c1ccc(Oc2ccccc2)cc1. The minimum Gasteiger partial charge on any atom is -0.457 e. The maximum absolute atomic E-state index is 13.4. The molecular formula is C29H25N5O4S. The van der Waals surface area contributed by atoms with E-state index in [-0.39, 0.29) is 29.9 Å². The predicted octanol–water partition coefficient (Wildman–Crippen LogP) is 5.73. The van der Waals surface area contributed by atoms with E-state index >= 15 is 0 Å². The number of urea groups is 1. The molecule has 1 fully saturated rings. The Morgan fingerprint density at radius 1 is 1.03 bits per heavy atom. The van der Waals surface area contributed by atoms with Gasteiger partial charge in [-0.2, -0.15) is 0 Å². The van der Waals surface area contributed by atoms with Gasteiger partial charge in [0.2, 0.25) is 5.91 Å². The third-order valence-corrected chi connectivity index (χ3v) is 7.97. The minimum atomic E-state index is -0.379. The first-order chi connectivity index (χ1) is 19.0. The maximum Gasteiger partial charge on any atom is 0.331 e. The molecule has 0 radical (unpaired) electrons. The second-order valence-corrected chi connectivity index (χ2v) is 10.3. The van der Waals surface area contributed by atoms with Crippen LogP contribution in [-0.2, 0) is 4.79 Å². The molecule has 4 amide bonds. The topological polar surface area (TPSA) is 113 Å². The Labute approximate surface area is 228 Å². The van der Waals surface area contributed by atoms with Crippen LogP contribution in [0.2, 0.25) is 0 Å². The summed E-state index contributed by atoms with van der Waals surface area (Å²) in [5.41, 5.74) is 1.74. The van der Waals surface area contributed by atoms with Crippen molar-refractivity contribution in [2.24, 2.45) is 0 Å². The molecule has 3 N–H and O–H groups in total. The van der Waals surface area contributed by atoms with Gasteiger partial charge >= 0.3 is 6.03 Å². The minimum absolute atomic E-state index is 0.169. The van der Waals surface area contributed by atoms with Crippen LogP contribution in [0.5, 0.6) is 11.5 Å². The fraction of sp³-hybridized carbons (Fsp3) is 0.172. The Bertz CT molecular complexity index is 1580. The van der Waals surface area contributed by atoms with Gasteiger partial charge < -0.3 is 20.7 Å². The molecular weight excluding hydrogens is 514 g/mol. The number of nitrogens with zero attached hydrogens (tertiary/aromatic N) is 2. The molecule has 10 heteroatoms. The molecule has 0 spiro atoms. The zero-order valence-corrected chi connectivity index (χ0v) is 21.7. The monoisotopic (exact) mass is 539 g/mol. The zero-order chi connectivity index (χ0) is 26.9. The van der Waals surface area contributed by atoms with Crippen LogP contribution >= 0.6 is 11.3 Å². The Balaban J connectivity index is 1.27. The highest BCUT2D eigenvalue weighted by molar-refractivity contribution is 7.21. The molecule has 2 aromatic carbocycles. The second kappa shape index (κ2) is 10.2. The molecule has 1 saturated carbocycles. The van der Waals surface area contributed by atoms with Gasteiger partial charge in [-0.05, 0) is 67.8 Å². The van der Waals surface area contributed by atoms with Crippen molar-refractivity contribution in [2.45, 2.75) is 31.3 Å².